The Hall–Kier alpha value is -1.16. The molecule has 76 valence electrons. The van der Waals surface area contributed by atoms with Crippen molar-refractivity contribution in [2.24, 2.45) is 5.92 Å². The van der Waals surface area contributed by atoms with Crippen molar-refractivity contribution in [1.29, 1.82) is 0 Å². The molecule has 1 fully saturated rings. The zero-order valence-corrected chi connectivity index (χ0v) is 8.18. The maximum Gasteiger partial charge on any atom is 0.238 e. The van der Waals surface area contributed by atoms with E-state index >= 15 is 0 Å². The van der Waals surface area contributed by atoms with Crippen molar-refractivity contribution in [2.45, 2.75) is 25.4 Å². The first-order chi connectivity index (χ1) is 6.83. The van der Waals surface area contributed by atoms with Crippen molar-refractivity contribution in [2.75, 3.05) is 7.11 Å². The van der Waals surface area contributed by atoms with E-state index in [9.17, 15) is 5.11 Å². The van der Waals surface area contributed by atoms with Crippen molar-refractivity contribution in [3.05, 3.63) is 18.1 Å². The average molecular weight is 194 g/mol. The van der Waals surface area contributed by atoms with E-state index in [0.29, 0.717) is 17.5 Å². The lowest BCUT2D eigenvalue weighted by molar-refractivity contribution is 0.0559. The lowest BCUT2D eigenvalue weighted by Crippen LogP contribution is -2.21. The summed E-state index contributed by atoms with van der Waals surface area (Å²) in [6, 6.07) is 0. The van der Waals surface area contributed by atoms with Crippen LogP contribution in [0.3, 0.4) is 0 Å². The highest BCUT2D eigenvalue weighted by Crippen LogP contribution is 2.38. The highest BCUT2D eigenvalue weighted by Gasteiger charge is 2.30. The maximum absolute atomic E-state index is 9.97. The molecule has 0 aliphatic heterocycles. The fourth-order valence-corrected chi connectivity index (χ4v) is 1.67. The van der Waals surface area contributed by atoms with Crippen LogP contribution in [0.1, 0.15) is 31.1 Å². The lowest BCUT2D eigenvalue weighted by Gasteiger charge is -2.29. The van der Waals surface area contributed by atoms with Crippen molar-refractivity contribution < 1.29 is 9.84 Å². The van der Waals surface area contributed by atoms with Crippen molar-refractivity contribution in [1.82, 2.24) is 9.97 Å². The molecule has 1 heterocycles. The molecule has 1 unspecified atom stereocenters. The molecule has 2 rings (SSSR count). The van der Waals surface area contributed by atoms with Gasteiger partial charge in [0.05, 0.1) is 7.11 Å². The van der Waals surface area contributed by atoms with Crippen LogP contribution in [0.4, 0.5) is 0 Å². The predicted molar refractivity (Wildman–Crippen MR) is 50.9 cm³/mol. The minimum atomic E-state index is -0.521. The molecule has 1 saturated carbocycles. The predicted octanol–water partition coefficient (Wildman–Crippen LogP) is 1.32. The first-order valence-electron chi connectivity index (χ1n) is 4.86. The van der Waals surface area contributed by atoms with E-state index in [1.54, 1.807) is 19.5 Å². The minimum absolute atomic E-state index is 0.334. The van der Waals surface area contributed by atoms with Gasteiger partial charge in [-0.3, -0.25) is 4.98 Å². The molecule has 1 N–H and O–H groups in total. The van der Waals surface area contributed by atoms with Crippen LogP contribution in [-0.2, 0) is 0 Å². The Bertz CT molecular complexity index is 313. The van der Waals surface area contributed by atoms with Gasteiger partial charge in [0.1, 0.15) is 11.8 Å². The number of aliphatic hydroxyl groups is 1. The summed E-state index contributed by atoms with van der Waals surface area (Å²) < 4.78 is 5.05. The van der Waals surface area contributed by atoms with E-state index in [0.717, 1.165) is 12.8 Å². The topological polar surface area (TPSA) is 55.2 Å². The Morgan fingerprint density at radius 1 is 1.43 bits per heavy atom. The Morgan fingerprint density at radius 3 is 2.71 bits per heavy atom. The van der Waals surface area contributed by atoms with Gasteiger partial charge in [-0.05, 0) is 18.8 Å². The summed E-state index contributed by atoms with van der Waals surface area (Å²) >= 11 is 0. The second-order valence-electron chi connectivity index (χ2n) is 3.59. The quantitative estimate of drug-likeness (QED) is 0.788. The molecule has 0 aromatic carbocycles. The third kappa shape index (κ3) is 1.57. The zero-order chi connectivity index (χ0) is 9.97. The number of hydrogen-bond acceptors (Lipinski definition) is 4. The maximum atomic E-state index is 9.97. The monoisotopic (exact) mass is 194 g/mol. The van der Waals surface area contributed by atoms with E-state index in [-0.39, 0.29) is 0 Å². The van der Waals surface area contributed by atoms with Crippen LogP contribution in [0, 0.1) is 5.92 Å². The molecule has 0 radical (unpaired) electrons. The number of aliphatic hydroxyl groups excluding tert-OH is 1. The van der Waals surface area contributed by atoms with Gasteiger partial charge < -0.3 is 9.84 Å². The molecule has 1 atom stereocenters. The van der Waals surface area contributed by atoms with Crippen LogP contribution in [0.15, 0.2) is 12.4 Å². The number of aromatic nitrogens is 2. The van der Waals surface area contributed by atoms with Gasteiger partial charge in [-0.25, -0.2) is 4.98 Å². The molecule has 1 aliphatic rings. The van der Waals surface area contributed by atoms with Crippen LogP contribution >= 0.6 is 0 Å². The van der Waals surface area contributed by atoms with Crippen LogP contribution in [-0.4, -0.2) is 22.2 Å². The Morgan fingerprint density at radius 2 is 2.14 bits per heavy atom. The third-order valence-electron chi connectivity index (χ3n) is 2.76. The molecule has 4 nitrogen and oxygen atoms in total. The Kier molecular flexibility index (Phi) is 2.63. The van der Waals surface area contributed by atoms with Gasteiger partial charge in [0.15, 0.2) is 0 Å². The summed E-state index contributed by atoms with van der Waals surface area (Å²) in [5, 5.41) is 9.97. The van der Waals surface area contributed by atoms with E-state index in [2.05, 4.69) is 9.97 Å². The summed E-state index contributed by atoms with van der Waals surface area (Å²) in [5.74, 6) is 0.771. The molecule has 1 aliphatic carbocycles. The first kappa shape index (κ1) is 9.40. The zero-order valence-electron chi connectivity index (χ0n) is 8.18. The second-order valence-corrected chi connectivity index (χ2v) is 3.59. The van der Waals surface area contributed by atoms with Crippen LogP contribution < -0.4 is 4.74 Å². The van der Waals surface area contributed by atoms with E-state index in [1.165, 1.54) is 6.42 Å². The van der Waals surface area contributed by atoms with Gasteiger partial charge in [-0.1, -0.05) is 6.42 Å². The van der Waals surface area contributed by atoms with Crippen LogP contribution in [0.2, 0.25) is 0 Å². The molecular weight excluding hydrogens is 180 g/mol. The van der Waals surface area contributed by atoms with Crippen LogP contribution in [0.5, 0.6) is 5.88 Å². The highest BCUT2D eigenvalue weighted by atomic mass is 16.5. The summed E-state index contributed by atoms with van der Waals surface area (Å²) in [5.41, 5.74) is 0.569. The van der Waals surface area contributed by atoms with E-state index in [4.69, 9.17) is 4.74 Å². The summed E-state index contributed by atoms with van der Waals surface area (Å²) in [4.78, 5) is 8.13. The first-order valence-corrected chi connectivity index (χ1v) is 4.86. The van der Waals surface area contributed by atoms with Gasteiger partial charge in [-0.15, -0.1) is 0 Å². The van der Waals surface area contributed by atoms with Crippen molar-refractivity contribution >= 4 is 0 Å². The van der Waals surface area contributed by atoms with Crippen molar-refractivity contribution in [3.63, 3.8) is 0 Å². The molecule has 1 aromatic heterocycles. The van der Waals surface area contributed by atoms with Crippen molar-refractivity contribution in [3.8, 4) is 5.88 Å². The summed E-state index contributed by atoms with van der Waals surface area (Å²) in [6.07, 6.45) is 5.97. The molecule has 0 saturated heterocycles. The Balaban J connectivity index is 2.20. The Labute approximate surface area is 83.0 Å². The molecule has 14 heavy (non-hydrogen) atoms. The largest absolute Gasteiger partial charge is 0.480 e. The molecule has 0 amide bonds. The van der Waals surface area contributed by atoms with Gasteiger partial charge in [0.25, 0.3) is 0 Å². The van der Waals surface area contributed by atoms with Gasteiger partial charge >= 0.3 is 0 Å². The van der Waals surface area contributed by atoms with E-state index in [1.807, 2.05) is 0 Å². The third-order valence-corrected chi connectivity index (χ3v) is 2.76. The van der Waals surface area contributed by atoms with Gasteiger partial charge in [0.2, 0.25) is 5.88 Å². The number of methoxy groups -OCH3 is 1. The van der Waals surface area contributed by atoms with E-state index < -0.39 is 6.10 Å². The normalized spacial score (nSPS) is 18.7. The fraction of sp³-hybridized carbons (Fsp3) is 0.600. The number of nitrogens with zero attached hydrogens (tertiary/aromatic N) is 2. The second kappa shape index (κ2) is 3.92. The van der Waals surface area contributed by atoms with Gasteiger partial charge in [0, 0.05) is 12.4 Å². The lowest BCUT2D eigenvalue weighted by atomic mass is 9.80. The number of hydrogen-bond donors (Lipinski definition) is 1. The smallest absolute Gasteiger partial charge is 0.238 e. The SMILES string of the molecule is COc1nccnc1C(O)C1CCC1. The molecule has 0 bridgehead atoms. The molecule has 0 spiro atoms. The fourth-order valence-electron chi connectivity index (χ4n) is 1.67. The molecular formula is C10H14N2O2. The highest BCUT2D eigenvalue weighted by molar-refractivity contribution is 5.20. The minimum Gasteiger partial charge on any atom is -0.480 e. The standard InChI is InChI=1S/C10H14N2O2/c1-14-10-8(11-5-6-12-10)9(13)7-3-2-4-7/h5-7,9,13H,2-4H2,1H3. The van der Waals surface area contributed by atoms with Gasteiger partial charge in [-0.2, -0.15) is 0 Å². The molecule has 4 heteroatoms. The average Bonchev–Trinajstić information content (AvgIpc) is 2.15. The number of rotatable bonds is 3. The van der Waals surface area contributed by atoms with Crippen LogP contribution in [0.25, 0.3) is 0 Å². The summed E-state index contributed by atoms with van der Waals surface area (Å²) in [6.45, 7) is 0. The summed E-state index contributed by atoms with van der Waals surface area (Å²) in [7, 11) is 1.54. The number of ether oxygens (including phenoxy) is 1. The molecule has 1 aromatic rings.